The second-order valence-corrected chi connectivity index (χ2v) is 11.4. The number of rotatable bonds is 2. The molecule has 1 heterocycles. The highest BCUT2D eigenvalue weighted by Gasteiger charge is 2.57. The van der Waals surface area contributed by atoms with Gasteiger partial charge in [0.25, 0.3) is 0 Å². The van der Waals surface area contributed by atoms with Gasteiger partial charge in [-0.1, -0.05) is 36.8 Å². The van der Waals surface area contributed by atoms with Crippen molar-refractivity contribution in [3.8, 4) is 0 Å². The molecule has 3 unspecified atom stereocenters. The molecule has 3 heteroatoms. The summed E-state index contributed by atoms with van der Waals surface area (Å²) in [6.45, 7) is 3.70. The summed E-state index contributed by atoms with van der Waals surface area (Å²) in [5.74, 6) is 2.28. The average molecular weight is 431 g/mol. The summed E-state index contributed by atoms with van der Waals surface area (Å²) in [5.41, 5.74) is 7.51. The van der Waals surface area contributed by atoms with E-state index in [4.69, 9.17) is 9.47 Å². The maximum absolute atomic E-state index is 13.1. The van der Waals surface area contributed by atoms with E-state index >= 15 is 0 Å². The van der Waals surface area contributed by atoms with Crippen LogP contribution in [-0.4, -0.2) is 24.8 Å². The lowest BCUT2D eigenvalue weighted by Crippen LogP contribution is -2.44. The van der Waals surface area contributed by atoms with Crippen molar-refractivity contribution in [2.45, 2.75) is 82.3 Å². The summed E-state index contributed by atoms with van der Waals surface area (Å²) in [4.78, 5) is 13.1. The Labute approximate surface area is 191 Å². The quantitative estimate of drug-likeness (QED) is 0.560. The Morgan fingerprint density at radius 3 is 2.41 bits per heavy atom. The number of carbonyl (C=O) groups excluding carboxylic acids is 1. The maximum Gasteiger partial charge on any atom is 0.188 e. The second-order valence-electron chi connectivity index (χ2n) is 11.4. The SMILES string of the molecule is C[C@]12CC(c3ccc(C4CC4)cc3)C3=C4CCC5(C=C4CCC3C1CCC2=O)OCCO5. The van der Waals surface area contributed by atoms with Gasteiger partial charge in [0.2, 0.25) is 0 Å². The molecule has 1 spiro atoms. The molecule has 0 aromatic heterocycles. The van der Waals surface area contributed by atoms with Crippen molar-refractivity contribution < 1.29 is 14.3 Å². The van der Waals surface area contributed by atoms with Gasteiger partial charge in [0.05, 0.1) is 13.2 Å². The molecular weight excluding hydrogens is 396 g/mol. The third-order valence-electron chi connectivity index (χ3n) is 9.77. The van der Waals surface area contributed by atoms with Crippen molar-refractivity contribution in [2.75, 3.05) is 13.2 Å². The molecular formula is C29H34O3. The standard InChI is InChI=1S/C29H34O3/c1-28-17-24(20-6-4-19(5-7-20)18-2-3-18)27-22-12-13-29(31-14-15-32-29)16-21(22)8-9-23(27)25(28)10-11-26(28)30/h4-7,16,18,23-25H,2-3,8-15,17H2,1H3/t23?,24?,25?,28-/m0/s1. The maximum atomic E-state index is 13.1. The van der Waals surface area contributed by atoms with E-state index in [1.807, 2.05) is 0 Å². The van der Waals surface area contributed by atoms with Crippen LogP contribution in [0.1, 0.15) is 87.7 Å². The summed E-state index contributed by atoms with van der Waals surface area (Å²) in [6, 6.07) is 9.51. The largest absolute Gasteiger partial charge is 0.344 e. The number of Topliss-reactive ketones (excluding diaryl/α,β-unsaturated/α-hetero) is 1. The second kappa shape index (κ2) is 6.90. The number of ketones is 1. The fraction of sp³-hybridized carbons (Fsp3) is 0.621. The van der Waals surface area contributed by atoms with Crippen molar-refractivity contribution in [1.82, 2.24) is 0 Å². The Kier molecular flexibility index (Phi) is 4.25. The summed E-state index contributed by atoms with van der Waals surface area (Å²) in [5, 5.41) is 0. The molecule has 0 bridgehead atoms. The summed E-state index contributed by atoms with van der Waals surface area (Å²) in [6.07, 6.45) is 12.1. The highest BCUT2D eigenvalue weighted by Crippen LogP contribution is 2.63. The number of benzene rings is 1. The highest BCUT2D eigenvalue weighted by molar-refractivity contribution is 5.87. The number of ether oxygens (including phenoxy) is 2. The van der Waals surface area contributed by atoms with Crippen LogP contribution in [0.3, 0.4) is 0 Å². The number of carbonyl (C=O) groups is 1. The highest BCUT2D eigenvalue weighted by atomic mass is 16.7. The first-order valence-corrected chi connectivity index (χ1v) is 12.9. The number of hydrogen-bond acceptors (Lipinski definition) is 3. The molecule has 1 aliphatic heterocycles. The van der Waals surface area contributed by atoms with E-state index in [-0.39, 0.29) is 5.41 Å². The van der Waals surface area contributed by atoms with E-state index < -0.39 is 5.79 Å². The molecule has 0 amide bonds. The molecule has 0 N–H and O–H groups in total. The van der Waals surface area contributed by atoms with Gasteiger partial charge in [0.15, 0.2) is 5.79 Å². The fourth-order valence-corrected chi connectivity index (χ4v) is 7.97. The van der Waals surface area contributed by atoms with Gasteiger partial charge in [-0.05, 0) is 91.0 Å². The van der Waals surface area contributed by atoms with Gasteiger partial charge in [-0.3, -0.25) is 4.79 Å². The summed E-state index contributed by atoms with van der Waals surface area (Å²) in [7, 11) is 0. The van der Waals surface area contributed by atoms with Gasteiger partial charge in [0, 0.05) is 24.2 Å². The zero-order valence-corrected chi connectivity index (χ0v) is 19.2. The molecule has 5 aliphatic carbocycles. The number of hydrogen-bond donors (Lipinski definition) is 0. The monoisotopic (exact) mass is 430 g/mol. The number of allylic oxidation sites excluding steroid dienone is 3. The molecule has 1 saturated heterocycles. The Balaban J connectivity index is 1.34. The van der Waals surface area contributed by atoms with E-state index in [2.05, 4.69) is 37.3 Å². The molecule has 0 radical (unpaired) electrons. The average Bonchev–Trinajstić information content (AvgIpc) is 3.50. The molecule has 1 aromatic rings. The van der Waals surface area contributed by atoms with Gasteiger partial charge in [0.1, 0.15) is 5.78 Å². The van der Waals surface area contributed by atoms with Crippen LogP contribution in [0.15, 0.2) is 47.1 Å². The van der Waals surface area contributed by atoms with Crippen LogP contribution < -0.4 is 0 Å². The van der Waals surface area contributed by atoms with E-state index in [1.54, 1.807) is 11.1 Å². The topological polar surface area (TPSA) is 35.5 Å². The Bertz CT molecular complexity index is 1020. The van der Waals surface area contributed by atoms with Crippen molar-refractivity contribution in [3.05, 3.63) is 58.2 Å². The van der Waals surface area contributed by atoms with Gasteiger partial charge in [-0.15, -0.1) is 0 Å². The third-order valence-corrected chi connectivity index (χ3v) is 9.77. The number of fused-ring (bicyclic) bond motifs is 4. The van der Waals surface area contributed by atoms with Crippen LogP contribution >= 0.6 is 0 Å². The molecule has 6 aliphatic rings. The van der Waals surface area contributed by atoms with Crippen LogP contribution in [0.4, 0.5) is 0 Å². The first kappa shape index (κ1) is 19.7. The molecule has 3 nitrogen and oxygen atoms in total. The lowest BCUT2D eigenvalue weighted by molar-refractivity contribution is -0.128. The van der Waals surface area contributed by atoms with E-state index in [0.29, 0.717) is 36.8 Å². The molecule has 3 saturated carbocycles. The summed E-state index contributed by atoms with van der Waals surface area (Å²) >= 11 is 0. The van der Waals surface area contributed by atoms with Gasteiger partial charge >= 0.3 is 0 Å². The predicted octanol–water partition coefficient (Wildman–Crippen LogP) is 6.21. The van der Waals surface area contributed by atoms with E-state index in [9.17, 15) is 4.79 Å². The van der Waals surface area contributed by atoms with E-state index in [1.165, 1.54) is 36.0 Å². The fourth-order valence-electron chi connectivity index (χ4n) is 7.97. The van der Waals surface area contributed by atoms with Crippen LogP contribution in [0.5, 0.6) is 0 Å². The van der Waals surface area contributed by atoms with Crippen molar-refractivity contribution in [3.63, 3.8) is 0 Å². The van der Waals surface area contributed by atoms with Crippen LogP contribution in [0.25, 0.3) is 0 Å². The minimum Gasteiger partial charge on any atom is -0.344 e. The van der Waals surface area contributed by atoms with Gasteiger partial charge < -0.3 is 9.47 Å². The van der Waals surface area contributed by atoms with Gasteiger partial charge in [-0.2, -0.15) is 0 Å². The molecule has 1 aromatic carbocycles. The molecule has 4 fully saturated rings. The smallest absolute Gasteiger partial charge is 0.188 e. The Morgan fingerprint density at radius 1 is 0.906 bits per heavy atom. The zero-order chi connectivity index (χ0) is 21.5. The normalized spacial score (nSPS) is 37.8. The minimum absolute atomic E-state index is 0.149. The first-order valence-electron chi connectivity index (χ1n) is 12.9. The van der Waals surface area contributed by atoms with Crippen LogP contribution in [0, 0.1) is 17.3 Å². The Morgan fingerprint density at radius 2 is 1.66 bits per heavy atom. The van der Waals surface area contributed by atoms with Crippen LogP contribution in [-0.2, 0) is 14.3 Å². The Hall–Kier alpha value is -1.71. The molecule has 32 heavy (non-hydrogen) atoms. The molecule has 4 atom stereocenters. The zero-order valence-electron chi connectivity index (χ0n) is 19.2. The van der Waals surface area contributed by atoms with Crippen LogP contribution in [0.2, 0.25) is 0 Å². The predicted molar refractivity (Wildman–Crippen MR) is 123 cm³/mol. The van der Waals surface area contributed by atoms with Crippen molar-refractivity contribution in [2.24, 2.45) is 17.3 Å². The van der Waals surface area contributed by atoms with Gasteiger partial charge in [-0.25, -0.2) is 0 Å². The lowest BCUT2D eigenvalue weighted by atomic mass is 9.53. The molecule has 168 valence electrons. The first-order chi connectivity index (χ1) is 15.6. The molecule has 7 rings (SSSR count). The van der Waals surface area contributed by atoms with E-state index in [0.717, 1.165) is 44.4 Å². The lowest BCUT2D eigenvalue weighted by Gasteiger charge is -2.51. The summed E-state index contributed by atoms with van der Waals surface area (Å²) < 4.78 is 12.1. The van der Waals surface area contributed by atoms with Crippen molar-refractivity contribution in [1.29, 1.82) is 0 Å². The third kappa shape index (κ3) is 2.83. The minimum atomic E-state index is -0.472. The van der Waals surface area contributed by atoms with Crippen molar-refractivity contribution >= 4 is 5.78 Å².